The molecule has 0 amide bonds. The molecule has 0 heterocycles. The van der Waals surface area contributed by atoms with Crippen LogP contribution in [0.2, 0.25) is 5.02 Å². The Morgan fingerprint density at radius 3 is 1.50 bits per heavy atom. The molecule has 0 saturated carbocycles. The van der Waals surface area contributed by atoms with E-state index in [0.717, 1.165) is 17.9 Å². The van der Waals surface area contributed by atoms with Crippen LogP contribution in [0.15, 0.2) is 66.8 Å². The normalized spacial score (nSPS) is 13.2. The molecule has 2 aliphatic carbocycles. The summed E-state index contributed by atoms with van der Waals surface area (Å²) in [5, 5.41) is 0.794. The van der Waals surface area contributed by atoms with Gasteiger partial charge in [0, 0.05) is 5.02 Å². The number of benzene rings is 1. The van der Waals surface area contributed by atoms with Crippen molar-refractivity contribution in [3.05, 3.63) is 84.0 Å². The summed E-state index contributed by atoms with van der Waals surface area (Å²) in [6.45, 7) is 0. The van der Waals surface area contributed by atoms with Crippen LogP contribution in [-0.2, 0) is 21.7 Å². The van der Waals surface area contributed by atoms with E-state index >= 15 is 0 Å². The van der Waals surface area contributed by atoms with Crippen LogP contribution in [0.4, 0.5) is 0 Å². The third kappa shape index (κ3) is 10.3. The average Bonchev–Trinajstić information content (AvgIpc) is 3.09. The summed E-state index contributed by atoms with van der Waals surface area (Å²) < 4.78 is 0. The van der Waals surface area contributed by atoms with Crippen molar-refractivity contribution >= 4 is 11.6 Å². The van der Waals surface area contributed by atoms with Gasteiger partial charge in [-0.2, -0.15) is 12.2 Å². The summed E-state index contributed by atoms with van der Waals surface area (Å²) in [5.41, 5.74) is 0. The summed E-state index contributed by atoms with van der Waals surface area (Å²) in [6, 6.07) is 9.44. The molecule has 18 heavy (non-hydrogen) atoms. The summed E-state index contributed by atoms with van der Waals surface area (Å²) in [7, 11) is 0. The van der Waals surface area contributed by atoms with Gasteiger partial charge in [0.05, 0.1) is 0 Å². The van der Waals surface area contributed by atoms with E-state index < -0.39 is 0 Å². The van der Waals surface area contributed by atoms with Crippen molar-refractivity contribution < 1.29 is 21.7 Å². The Balaban J connectivity index is 0.000000239. The van der Waals surface area contributed by atoms with Gasteiger partial charge in [0.2, 0.25) is 0 Å². The van der Waals surface area contributed by atoms with Crippen LogP contribution in [0.5, 0.6) is 0 Å². The van der Waals surface area contributed by atoms with Gasteiger partial charge >= 0.3 is 21.7 Å². The molecule has 0 atom stereocenters. The SMILES string of the molecule is Clc1ccccc1.[C-]1=CC=CC1.[C-]1=CC=CC1.[Ti+2]. The third-order valence-corrected chi connectivity index (χ3v) is 2.16. The quantitative estimate of drug-likeness (QED) is 0.468. The Hall–Kier alpha value is -0.816. The fraction of sp³-hybridized carbons (Fsp3) is 0.125. The van der Waals surface area contributed by atoms with Gasteiger partial charge in [-0.1, -0.05) is 29.8 Å². The van der Waals surface area contributed by atoms with Crippen LogP contribution in [0, 0.1) is 12.2 Å². The average molecular weight is 291 g/mol. The molecule has 1 aromatic carbocycles. The maximum atomic E-state index is 5.54. The smallest absolute Gasteiger partial charge is 0.273 e. The number of rotatable bonds is 0. The molecule has 3 rings (SSSR count). The summed E-state index contributed by atoms with van der Waals surface area (Å²) in [6.07, 6.45) is 20.0. The van der Waals surface area contributed by atoms with E-state index in [4.69, 9.17) is 11.6 Å². The van der Waals surface area contributed by atoms with Crippen LogP contribution >= 0.6 is 11.6 Å². The summed E-state index contributed by atoms with van der Waals surface area (Å²) >= 11 is 5.54. The molecule has 2 heteroatoms. The molecule has 1 aromatic rings. The van der Waals surface area contributed by atoms with E-state index in [2.05, 4.69) is 24.3 Å². The molecule has 0 radical (unpaired) electrons. The zero-order chi connectivity index (χ0) is 12.2. The largest absolute Gasteiger partial charge is 2.00 e. The predicted molar refractivity (Wildman–Crippen MR) is 74.6 cm³/mol. The zero-order valence-electron chi connectivity index (χ0n) is 10.1. The fourth-order valence-corrected chi connectivity index (χ4v) is 1.24. The van der Waals surface area contributed by atoms with Gasteiger partial charge < -0.3 is 0 Å². The van der Waals surface area contributed by atoms with Crippen molar-refractivity contribution in [1.29, 1.82) is 0 Å². The molecule has 0 saturated heterocycles. The monoisotopic (exact) mass is 290 g/mol. The van der Waals surface area contributed by atoms with E-state index in [0.29, 0.717) is 0 Å². The summed E-state index contributed by atoms with van der Waals surface area (Å²) in [5.74, 6) is 0. The molecule has 0 fully saturated rings. The van der Waals surface area contributed by atoms with Crippen molar-refractivity contribution in [1.82, 2.24) is 0 Å². The Morgan fingerprint density at radius 2 is 1.33 bits per heavy atom. The molecule has 0 bridgehead atoms. The van der Waals surface area contributed by atoms with Gasteiger partial charge in [0.1, 0.15) is 0 Å². The van der Waals surface area contributed by atoms with Gasteiger partial charge in [-0.15, -0.1) is 12.8 Å². The number of halogens is 1. The molecular weight excluding hydrogens is 275 g/mol. The first-order valence-corrected chi connectivity index (χ1v) is 5.91. The minimum atomic E-state index is 0. The van der Waals surface area contributed by atoms with Crippen LogP contribution in [0.25, 0.3) is 0 Å². The van der Waals surface area contributed by atoms with E-state index in [1.165, 1.54) is 0 Å². The number of hydrogen-bond donors (Lipinski definition) is 0. The molecule has 0 nitrogen and oxygen atoms in total. The molecule has 0 aliphatic heterocycles. The van der Waals surface area contributed by atoms with Gasteiger partial charge in [0.15, 0.2) is 0 Å². The molecule has 0 unspecified atom stereocenters. The van der Waals surface area contributed by atoms with Crippen molar-refractivity contribution in [2.24, 2.45) is 0 Å². The van der Waals surface area contributed by atoms with Crippen LogP contribution in [0.3, 0.4) is 0 Å². The number of allylic oxidation sites excluding steroid dienone is 8. The molecule has 0 aromatic heterocycles. The van der Waals surface area contributed by atoms with Crippen molar-refractivity contribution in [2.75, 3.05) is 0 Å². The molecule has 90 valence electrons. The molecule has 0 N–H and O–H groups in total. The minimum Gasteiger partial charge on any atom is -0.273 e. The van der Waals surface area contributed by atoms with E-state index in [-0.39, 0.29) is 21.7 Å². The Morgan fingerprint density at radius 1 is 0.833 bits per heavy atom. The standard InChI is InChI=1S/C6H5Cl.2C5H5.Ti/c7-6-4-2-1-3-5-6;2*1-2-4-5-3-1;/h1-5H;2*1-3H,4H2;/q;2*-1;+2. The zero-order valence-corrected chi connectivity index (χ0v) is 12.5. The first kappa shape index (κ1) is 17.2. The Kier molecular flexibility index (Phi) is 12.1. The van der Waals surface area contributed by atoms with E-state index in [1.807, 2.05) is 54.6 Å². The van der Waals surface area contributed by atoms with Crippen LogP contribution in [-0.4, -0.2) is 0 Å². The Labute approximate surface area is 130 Å². The Bertz CT molecular complexity index is 360. The summed E-state index contributed by atoms with van der Waals surface area (Å²) in [4.78, 5) is 0. The van der Waals surface area contributed by atoms with Crippen molar-refractivity contribution in [3.8, 4) is 0 Å². The van der Waals surface area contributed by atoms with Crippen molar-refractivity contribution in [3.63, 3.8) is 0 Å². The first-order chi connectivity index (χ1) is 8.39. The topological polar surface area (TPSA) is 0 Å². The number of hydrogen-bond acceptors (Lipinski definition) is 0. The van der Waals surface area contributed by atoms with Crippen LogP contribution < -0.4 is 0 Å². The minimum absolute atomic E-state index is 0. The molecule has 0 spiro atoms. The maximum Gasteiger partial charge on any atom is 2.00 e. The fourth-order valence-electron chi connectivity index (χ4n) is 1.10. The molecular formula is C16H15ClTi. The predicted octanol–water partition coefficient (Wildman–Crippen LogP) is 4.95. The van der Waals surface area contributed by atoms with Gasteiger partial charge in [-0.05, 0) is 12.1 Å². The van der Waals surface area contributed by atoms with E-state index in [9.17, 15) is 0 Å². The third-order valence-electron chi connectivity index (χ3n) is 1.90. The maximum absolute atomic E-state index is 5.54. The first-order valence-electron chi connectivity index (χ1n) is 5.53. The van der Waals surface area contributed by atoms with Gasteiger partial charge in [0.25, 0.3) is 0 Å². The van der Waals surface area contributed by atoms with E-state index in [1.54, 1.807) is 0 Å². The van der Waals surface area contributed by atoms with Gasteiger partial charge in [-0.25, -0.2) is 24.3 Å². The second kappa shape index (κ2) is 12.6. The van der Waals surface area contributed by atoms with Crippen LogP contribution in [0.1, 0.15) is 12.8 Å². The van der Waals surface area contributed by atoms with Crippen molar-refractivity contribution in [2.45, 2.75) is 12.8 Å². The second-order valence-corrected chi connectivity index (χ2v) is 3.74. The molecule has 2 aliphatic rings. The van der Waals surface area contributed by atoms with Gasteiger partial charge in [-0.3, -0.25) is 12.2 Å². The second-order valence-electron chi connectivity index (χ2n) is 3.30.